The molecule has 0 aliphatic carbocycles. The maximum absolute atomic E-state index is 13.3. The van der Waals surface area contributed by atoms with Crippen LogP contribution >= 0.6 is 11.3 Å². The molecular weight excluding hydrogens is 518 g/mol. The molecule has 3 N–H and O–H groups in total. The lowest BCUT2D eigenvalue weighted by atomic mass is 9.73. The second-order valence-corrected chi connectivity index (χ2v) is 13.0. The number of carbonyl (C=O) groups is 3. The molecule has 0 bridgehead atoms. The number of aromatic nitrogens is 1. The van der Waals surface area contributed by atoms with E-state index in [1.807, 2.05) is 37.1 Å². The third-order valence-corrected chi connectivity index (χ3v) is 9.31. The highest BCUT2D eigenvalue weighted by Crippen LogP contribution is 2.38. The number of Topliss-reactive ketones (excluding diaryl/α,β-unsaturated/α-hetero) is 1. The number of nitrogens with zero attached hydrogens (tertiary/aromatic N) is 2. The van der Waals surface area contributed by atoms with Crippen molar-refractivity contribution in [1.29, 1.82) is 0 Å². The number of methoxy groups -OCH3 is 1. The van der Waals surface area contributed by atoms with Crippen LogP contribution in [-0.2, 0) is 19.1 Å². The van der Waals surface area contributed by atoms with Gasteiger partial charge in [-0.1, -0.05) is 34.1 Å². The van der Waals surface area contributed by atoms with E-state index >= 15 is 0 Å². The number of aliphatic hydroxyl groups is 2. The Balaban J connectivity index is 1.92. The Kier molecular flexibility index (Phi) is 10.5. The van der Waals surface area contributed by atoms with Gasteiger partial charge in [-0.2, -0.15) is 0 Å². The topological polar surface area (TPSA) is 129 Å². The van der Waals surface area contributed by atoms with Crippen LogP contribution < -0.4 is 5.32 Å². The van der Waals surface area contributed by atoms with Crippen LogP contribution in [0.4, 0.5) is 0 Å². The van der Waals surface area contributed by atoms with Gasteiger partial charge in [0.1, 0.15) is 12.4 Å². The van der Waals surface area contributed by atoms with Crippen LogP contribution in [0.1, 0.15) is 77.4 Å². The molecule has 3 heterocycles. The van der Waals surface area contributed by atoms with Gasteiger partial charge < -0.3 is 25.2 Å². The second kappa shape index (κ2) is 13.0. The SMILES string of the molecule is COCC(=O)N1[C@@H]2CCC[C@H](C)[C@H](O)[C@@H](C)C(=O)C(C)(C)[C@@H](O)CC(=O)N[C@H](/C(C)=C/c3csc(C)n3)C[C@@H]21. The van der Waals surface area contributed by atoms with E-state index in [4.69, 9.17) is 4.74 Å². The fraction of sp³-hybridized carbons (Fsp3) is 0.724. The van der Waals surface area contributed by atoms with E-state index in [-0.39, 0.29) is 54.7 Å². The first-order chi connectivity index (χ1) is 18.3. The normalized spacial score (nSPS) is 32.9. The average molecular weight is 564 g/mol. The van der Waals surface area contributed by atoms with E-state index in [9.17, 15) is 24.6 Å². The summed E-state index contributed by atoms with van der Waals surface area (Å²) < 4.78 is 5.11. The highest BCUT2D eigenvalue weighted by atomic mass is 32.1. The Bertz CT molecular complexity index is 1070. The zero-order valence-corrected chi connectivity index (χ0v) is 25.1. The van der Waals surface area contributed by atoms with Gasteiger partial charge in [0, 0.05) is 18.4 Å². The molecule has 10 heteroatoms. The minimum Gasteiger partial charge on any atom is -0.392 e. The van der Waals surface area contributed by atoms with Crippen molar-refractivity contribution in [3.05, 3.63) is 21.7 Å². The van der Waals surface area contributed by atoms with Gasteiger partial charge in [-0.05, 0) is 50.7 Å². The molecule has 0 spiro atoms. The largest absolute Gasteiger partial charge is 0.392 e. The molecule has 218 valence electrons. The Hall–Kier alpha value is -2.14. The zero-order chi connectivity index (χ0) is 29.1. The molecule has 9 nitrogen and oxygen atoms in total. The maximum atomic E-state index is 13.3. The lowest BCUT2D eigenvalue weighted by molar-refractivity contribution is -0.143. The third kappa shape index (κ3) is 7.54. The van der Waals surface area contributed by atoms with Crippen molar-refractivity contribution in [3.8, 4) is 0 Å². The number of nitrogens with one attached hydrogen (secondary N) is 1. The summed E-state index contributed by atoms with van der Waals surface area (Å²) in [6.45, 7) is 10.7. The van der Waals surface area contributed by atoms with Gasteiger partial charge in [-0.15, -0.1) is 11.3 Å². The van der Waals surface area contributed by atoms with Gasteiger partial charge in [0.2, 0.25) is 11.8 Å². The molecule has 7 atom stereocenters. The summed E-state index contributed by atoms with van der Waals surface area (Å²) in [5, 5.41) is 27.9. The molecule has 0 saturated carbocycles. The van der Waals surface area contributed by atoms with Crippen LogP contribution in [0.5, 0.6) is 0 Å². The highest BCUT2D eigenvalue weighted by Gasteiger charge is 2.51. The van der Waals surface area contributed by atoms with Crippen molar-refractivity contribution in [2.75, 3.05) is 13.7 Å². The molecule has 2 saturated heterocycles. The van der Waals surface area contributed by atoms with Crippen molar-refractivity contribution in [2.24, 2.45) is 17.3 Å². The number of aryl methyl sites for hydroxylation is 1. The summed E-state index contributed by atoms with van der Waals surface area (Å²) in [4.78, 5) is 45.7. The van der Waals surface area contributed by atoms with E-state index in [2.05, 4.69) is 10.3 Å². The maximum Gasteiger partial charge on any atom is 0.249 e. The van der Waals surface area contributed by atoms with Crippen LogP contribution in [0.15, 0.2) is 11.0 Å². The Morgan fingerprint density at radius 1 is 1.26 bits per heavy atom. The van der Waals surface area contributed by atoms with Crippen molar-refractivity contribution >= 4 is 35.0 Å². The zero-order valence-electron chi connectivity index (χ0n) is 24.3. The molecule has 1 aromatic rings. The predicted octanol–water partition coefficient (Wildman–Crippen LogP) is 3.12. The summed E-state index contributed by atoms with van der Waals surface area (Å²) in [6.07, 6.45) is 2.38. The van der Waals surface area contributed by atoms with E-state index in [1.165, 1.54) is 7.11 Å². The molecule has 39 heavy (non-hydrogen) atoms. The molecule has 1 aromatic heterocycles. The number of thiazole rings is 1. The van der Waals surface area contributed by atoms with Gasteiger partial charge in [-0.25, -0.2) is 4.98 Å². The van der Waals surface area contributed by atoms with Crippen molar-refractivity contribution in [2.45, 2.75) is 104 Å². The molecule has 2 aliphatic heterocycles. The predicted molar refractivity (Wildman–Crippen MR) is 151 cm³/mol. The van der Waals surface area contributed by atoms with Crippen molar-refractivity contribution < 1.29 is 29.3 Å². The summed E-state index contributed by atoms with van der Waals surface area (Å²) in [5.74, 6) is -1.55. The Labute approximate surface area is 236 Å². The number of aliphatic hydroxyl groups excluding tert-OH is 2. The van der Waals surface area contributed by atoms with Crippen molar-refractivity contribution in [1.82, 2.24) is 15.2 Å². The van der Waals surface area contributed by atoms with E-state index in [0.29, 0.717) is 12.8 Å². The summed E-state index contributed by atoms with van der Waals surface area (Å²) >= 11 is 1.55. The standard InChI is InChI=1S/C29H45N3O6S/c1-16-9-8-10-22-23(32(22)26(35)14-38-7)12-21(17(2)11-20-15-39-19(4)30-20)31-25(34)13-24(33)29(5,6)28(37)18(3)27(16)36/h11,15-16,18,21-24,27,33,36H,8-10,12-14H2,1-7H3,(H,31,34)/b17-11+/t16-,18+,21-,22+,23-,24-,27-,32?/m0/s1. The second-order valence-electron chi connectivity index (χ2n) is 11.9. The number of hydrogen-bond donors (Lipinski definition) is 3. The van der Waals surface area contributed by atoms with Crippen LogP contribution in [0.25, 0.3) is 6.08 Å². The Morgan fingerprint density at radius 3 is 2.56 bits per heavy atom. The number of rotatable bonds is 4. The monoisotopic (exact) mass is 563 g/mol. The van der Waals surface area contributed by atoms with Crippen LogP contribution in [0.2, 0.25) is 0 Å². The molecule has 3 rings (SSSR count). The van der Waals surface area contributed by atoms with Crippen LogP contribution in [0, 0.1) is 24.2 Å². The average Bonchev–Trinajstić information content (AvgIpc) is 3.39. The minimum absolute atomic E-state index is 0.00698. The third-order valence-electron chi connectivity index (χ3n) is 8.51. The summed E-state index contributed by atoms with van der Waals surface area (Å²) in [5.41, 5.74) is 0.497. The first-order valence-electron chi connectivity index (χ1n) is 13.9. The minimum atomic E-state index is -1.22. The van der Waals surface area contributed by atoms with Crippen LogP contribution in [0.3, 0.4) is 0 Å². The lowest BCUT2D eigenvalue weighted by Crippen LogP contribution is -2.47. The molecule has 0 aromatic carbocycles. The Morgan fingerprint density at radius 2 is 1.95 bits per heavy atom. The number of ether oxygens (including phenoxy) is 1. The number of carbonyl (C=O) groups excluding carboxylic acids is 3. The summed E-state index contributed by atoms with van der Waals surface area (Å²) in [7, 11) is 1.50. The smallest absolute Gasteiger partial charge is 0.249 e. The van der Waals surface area contributed by atoms with Crippen LogP contribution in [-0.4, -0.2) is 81.7 Å². The molecular formula is C29H45N3O6S. The molecule has 2 fully saturated rings. The summed E-state index contributed by atoms with van der Waals surface area (Å²) in [6, 6.07) is -0.429. The number of fused-ring (bicyclic) bond motifs is 1. The first-order valence-corrected chi connectivity index (χ1v) is 14.8. The number of amides is 2. The van der Waals surface area contributed by atoms with Gasteiger partial charge in [0.15, 0.2) is 0 Å². The van der Waals surface area contributed by atoms with Gasteiger partial charge >= 0.3 is 0 Å². The fourth-order valence-corrected chi connectivity index (χ4v) is 6.36. The quantitative estimate of drug-likeness (QED) is 0.480. The van der Waals surface area contributed by atoms with Gasteiger partial charge in [0.05, 0.1) is 52.9 Å². The van der Waals surface area contributed by atoms with E-state index < -0.39 is 23.5 Å². The molecule has 0 radical (unpaired) electrons. The number of ketones is 1. The fourth-order valence-electron chi connectivity index (χ4n) is 5.79. The first kappa shape index (κ1) is 31.4. The molecule has 2 aliphatic rings. The van der Waals surface area contributed by atoms with Crippen molar-refractivity contribution in [3.63, 3.8) is 0 Å². The lowest BCUT2D eigenvalue weighted by Gasteiger charge is -2.34. The van der Waals surface area contributed by atoms with E-state index in [0.717, 1.165) is 29.1 Å². The van der Waals surface area contributed by atoms with Gasteiger partial charge in [-0.3, -0.25) is 14.4 Å². The van der Waals surface area contributed by atoms with Gasteiger partial charge in [0.25, 0.3) is 0 Å². The molecule has 0 unspecified atom stereocenters. The highest BCUT2D eigenvalue weighted by molar-refractivity contribution is 7.09. The molecule has 2 amide bonds. The number of hydrogen-bond acceptors (Lipinski definition) is 8. The van der Waals surface area contributed by atoms with E-state index in [1.54, 1.807) is 32.1 Å².